The SMILES string of the molecule is COc1ccc(OCc2ccc([C@@H]3C(C#N)=C(N)OC4=C3C(=O)CC(C)(C)C4)cc2OC)cc1. The molecular weight excluding hydrogens is 432 g/mol. The molecule has 0 aromatic heterocycles. The van der Waals surface area contributed by atoms with Crippen LogP contribution in [0.3, 0.4) is 0 Å². The van der Waals surface area contributed by atoms with Crippen molar-refractivity contribution in [3.05, 3.63) is 76.4 Å². The molecular formula is C27H28N2O5. The first kappa shape index (κ1) is 23.2. The molecule has 0 amide bonds. The monoisotopic (exact) mass is 460 g/mol. The number of ether oxygens (including phenoxy) is 4. The average molecular weight is 461 g/mol. The van der Waals surface area contributed by atoms with Gasteiger partial charge >= 0.3 is 0 Å². The number of nitrogens with two attached hydrogens (primary N) is 1. The molecule has 1 aliphatic heterocycles. The molecule has 0 fully saturated rings. The molecule has 2 aromatic carbocycles. The van der Waals surface area contributed by atoms with Gasteiger partial charge in [-0.25, -0.2) is 0 Å². The Morgan fingerprint density at radius 1 is 1.09 bits per heavy atom. The average Bonchev–Trinajstić information content (AvgIpc) is 2.81. The predicted molar refractivity (Wildman–Crippen MR) is 126 cm³/mol. The summed E-state index contributed by atoms with van der Waals surface area (Å²) in [5.74, 6) is 2.02. The van der Waals surface area contributed by atoms with Gasteiger partial charge in [-0.3, -0.25) is 4.79 Å². The summed E-state index contributed by atoms with van der Waals surface area (Å²) < 4.78 is 22.5. The molecule has 0 saturated carbocycles. The highest BCUT2D eigenvalue weighted by Crippen LogP contribution is 2.48. The third-order valence-electron chi connectivity index (χ3n) is 6.17. The van der Waals surface area contributed by atoms with Crippen LogP contribution in [-0.2, 0) is 16.1 Å². The lowest BCUT2D eigenvalue weighted by Gasteiger charge is -2.37. The zero-order valence-corrected chi connectivity index (χ0v) is 19.8. The largest absolute Gasteiger partial charge is 0.497 e. The van der Waals surface area contributed by atoms with Gasteiger partial charge in [0.05, 0.1) is 20.1 Å². The number of hydrogen-bond donors (Lipinski definition) is 1. The summed E-state index contributed by atoms with van der Waals surface area (Å²) in [5, 5.41) is 9.84. The second kappa shape index (κ2) is 9.14. The van der Waals surface area contributed by atoms with Crippen LogP contribution in [0.1, 0.15) is 43.7 Å². The fraction of sp³-hybridized carbons (Fsp3) is 0.333. The van der Waals surface area contributed by atoms with E-state index in [1.807, 2.05) is 56.3 Å². The second-order valence-corrected chi connectivity index (χ2v) is 9.24. The Hall–Kier alpha value is -3.92. The molecule has 0 spiro atoms. The van der Waals surface area contributed by atoms with Crippen LogP contribution < -0.4 is 19.9 Å². The Labute approximate surface area is 199 Å². The maximum atomic E-state index is 13.2. The van der Waals surface area contributed by atoms with Crippen LogP contribution in [-0.4, -0.2) is 20.0 Å². The lowest BCUT2D eigenvalue weighted by atomic mass is 9.70. The Bertz CT molecular complexity index is 1220. The number of hydrogen-bond acceptors (Lipinski definition) is 7. The van der Waals surface area contributed by atoms with Gasteiger partial charge in [0.25, 0.3) is 0 Å². The van der Waals surface area contributed by atoms with E-state index in [4.69, 9.17) is 24.7 Å². The fourth-order valence-electron chi connectivity index (χ4n) is 4.51. The van der Waals surface area contributed by atoms with Gasteiger partial charge in [0.1, 0.15) is 41.3 Å². The molecule has 0 unspecified atom stereocenters. The summed E-state index contributed by atoms with van der Waals surface area (Å²) >= 11 is 0. The van der Waals surface area contributed by atoms with Gasteiger partial charge in [-0.2, -0.15) is 5.26 Å². The minimum absolute atomic E-state index is 0.0256. The summed E-state index contributed by atoms with van der Waals surface area (Å²) in [6.45, 7) is 4.33. The summed E-state index contributed by atoms with van der Waals surface area (Å²) in [4.78, 5) is 13.2. The van der Waals surface area contributed by atoms with Gasteiger partial charge in [-0.05, 0) is 41.3 Å². The van der Waals surface area contributed by atoms with Crippen molar-refractivity contribution in [2.75, 3.05) is 14.2 Å². The predicted octanol–water partition coefficient (Wildman–Crippen LogP) is 4.73. The number of nitriles is 1. The van der Waals surface area contributed by atoms with Crippen molar-refractivity contribution in [1.82, 2.24) is 0 Å². The molecule has 4 rings (SSSR count). The molecule has 0 bridgehead atoms. The first-order valence-corrected chi connectivity index (χ1v) is 11.0. The van der Waals surface area contributed by atoms with Crippen molar-refractivity contribution in [2.45, 2.75) is 39.2 Å². The first-order valence-electron chi connectivity index (χ1n) is 11.0. The van der Waals surface area contributed by atoms with E-state index in [0.717, 1.165) is 16.9 Å². The molecule has 1 atom stereocenters. The van der Waals surface area contributed by atoms with Crippen molar-refractivity contribution in [3.8, 4) is 23.3 Å². The minimum Gasteiger partial charge on any atom is -0.497 e. The maximum Gasteiger partial charge on any atom is 0.205 e. The van der Waals surface area contributed by atoms with E-state index >= 15 is 0 Å². The Morgan fingerprint density at radius 3 is 2.44 bits per heavy atom. The fourth-order valence-corrected chi connectivity index (χ4v) is 4.51. The van der Waals surface area contributed by atoms with Gasteiger partial charge in [0.2, 0.25) is 5.88 Å². The first-order chi connectivity index (χ1) is 16.3. The molecule has 2 aliphatic rings. The second-order valence-electron chi connectivity index (χ2n) is 9.24. The van der Waals surface area contributed by atoms with Crippen LogP contribution in [0.15, 0.2) is 65.3 Å². The third kappa shape index (κ3) is 4.44. The molecule has 34 heavy (non-hydrogen) atoms. The topological polar surface area (TPSA) is 104 Å². The van der Waals surface area contributed by atoms with Crippen LogP contribution in [0.5, 0.6) is 17.2 Å². The molecule has 1 heterocycles. The Morgan fingerprint density at radius 2 is 1.79 bits per heavy atom. The van der Waals surface area contributed by atoms with E-state index in [9.17, 15) is 10.1 Å². The minimum atomic E-state index is -0.595. The summed E-state index contributed by atoms with van der Waals surface area (Å²) in [6, 6.07) is 15.1. The van der Waals surface area contributed by atoms with Crippen LogP contribution in [0, 0.1) is 16.7 Å². The van der Waals surface area contributed by atoms with E-state index in [0.29, 0.717) is 35.7 Å². The zero-order chi connectivity index (χ0) is 24.5. The number of rotatable bonds is 6. The summed E-state index contributed by atoms with van der Waals surface area (Å²) in [6.07, 6.45) is 0.962. The van der Waals surface area contributed by atoms with Crippen LogP contribution in [0.2, 0.25) is 0 Å². The molecule has 7 nitrogen and oxygen atoms in total. The van der Waals surface area contributed by atoms with E-state index < -0.39 is 5.92 Å². The number of Topliss-reactive ketones (excluding diaryl/α,β-unsaturated/α-hetero) is 1. The molecule has 2 N–H and O–H groups in total. The Balaban J connectivity index is 1.67. The maximum absolute atomic E-state index is 13.2. The van der Waals surface area contributed by atoms with Gasteiger partial charge in [-0.1, -0.05) is 26.0 Å². The highest BCUT2D eigenvalue weighted by Gasteiger charge is 2.43. The van der Waals surface area contributed by atoms with Crippen molar-refractivity contribution >= 4 is 5.78 Å². The van der Waals surface area contributed by atoms with Crippen molar-refractivity contribution in [3.63, 3.8) is 0 Å². The number of carbonyl (C=O) groups is 1. The highest BCUT2D eigenvalue weighted by molar-refractivity contribution is 6.00. The van der Waals surface area contributed by atoms with Crippen molar-refractivity contribution in [1.29, 1.82) is 5.26 Å². The van der Waals surface area contributed by atoms with Crippen LogP contribution in [0.4, 0.5) is 0 Å². The normalized spacial score (nSPS) is 19.1. The number of methoxy groups -OCH3 is 2. The summed E-state index contributed by atoms with van der Waals surface area (Å²) in [5.41, 5.74) is 8.20. The molecule has 176 valence electrons. The number of nitrogens with zero attached hydrogens (tertiary/aromatic N) is 1. The third-order valence-corrected chi connectivity index (χ3v) is 6.17. The lowest BCUT2D eigenvalue weighted by molar-refractivity contribution is -0.119. The number of ketones is 1. The number of allylic oxidation sites excluding steroid dienone is 3. The van der Waals surface area contributed by atoms with Crippen molar-refractivity contribution < 1.29 is 23.7 Å². The van der Waals surface area contributed by atoms with Gasteiger partial charge < -0.3 is 24.7 Å². The van der Waals surface area contributed by atoms with E-state index in [1.165, 1.54) is 0 Å². The number of benzene rings is 2. The molecule has 2 aromatic rings. The summed E-state index contributed by atoms with van der Waals surface area (Å²) in [7, 11) is 3.19. The van der Waals surface area contributed by atoms with Crippen LogP contribution >= 0.6 is 0 Å². The molecule has 0 saturated heterocycles. The lowest BCUT2D eigenvalue weighted by Crippen LogP contribution is -2.33. The van der Waals surface area contributed by atoms with Crippen LogP contribution in [0.25, 0.3) is 0 Å². The molecule has 0 radical (unpaired) electrons. The smallest absolute Gasteiger partial charge is 0.205 e. The van der Waals surface area contributed by atoms with Crippen molar-refractivity contribution in [2.24, 2.45) is 11.1 Å². The van der Waals surface area contributed by atoms with Gasteiger partial charge in [0.15, 0.2) is 5.78 Å². The van der Waals surface area contributed by atoms with E-state index in [2.05, 4.69) is 6.07 Å². The standard InChI is InChI=1S/C27H28N2O5/c1-27(2)12-21(30)25-23(13-27)34-26(29)20(14-28)24(25)16-5-6-17(22(11-16)32-4)15-33-19-9-7-18(31-3)8-10-19/h5-11,24H,12-13,15,29H2,1-4H3/t24-/m1/s1. The molecule has 7 heteroatoms. The quantitative estimate of drug-likeness (QED) is 0.664. The Kier molecular flexibility index (Phi) is 6.25. The highest BCUT2D eigenvalue weighted by atomic mass is 16.5. The zero-order valence-electron chi connectivity index (χ0n) is 19.8. The van der Waals surface area contributed by atoms with Gasteiger partial charge in [-0.15, -0.1) is 0 Å². The number of carbonyl (C=O) groups excluding carboxylic acids is 1. The van der Waals surface area contributed by atoms with Gasteiger partial charge in [0, 0.05) is 24.0 Å². The molecule has 1 aliphatic carbocycles. The van der Waals surface area contributed by atoms with E-state index in [-0.39, 0.29) is 29.3 Å². The van der Waals surface area contributed by atoms with E-state index in [1.54, 1.807) is 14.2 Å².